The average molecular weight is 545 g/mol. The average Bonchev–Trinajstić information content (AvgIpc) is 3.30. The van der Waals surface area contributed by atoms with Crippen molar-refractivity contribution < 1.29 is 9.18 Å². The Hall–Kier alpha value is -4.01. The molecule has 0 amide bonds. The van der Waals surface area contributed by atoms with Crippen LogP contribution >= 0.6 is 0 Å². The number of halogens is 1. The van der Waals surface area contributed by atoms with Crippen LogP contribution in [0.3, 0.4) is 0 Å². The number of aromatic nitrogens is 4. The third-order valence-corrected chi connectivity index (χ3v) is 8.22. The molecule has 1 fully saturated rings. The molecule has 8 nitrogen and oxygen atoms in total. The van der Waals surface area contributed by atoms with Gasteiger partial charge < -0.3 is 14.4 Å². The van der Waals surface area contributed by atoms with Gasteiger partial charge in [-0.25, -0.2) is 18.9 Å². The number of hydrogen-bond donors (Lipinski definition) is 0. The second kappa shape index (κ2) is 10.9. The summed E-state index contributed by atoms with van der Waals surface area (Å²) in [4.78, 5) is 40.0. The molecule has 0 bridgehead atoms. The number of anilines is 2. The maximum absolute atomic E-state index is 13.5. The molecule has 1 aliphatic rings. The van der Waals surface area contributed by atoms with E-state index in [1.54, 1.807) is 0 Å². The van der Waals surface area contributed by atoms with Crippen LogP contribution in [0.25, 0.3) is 11.0 Å². The van der Waals surface area contributed by atoms with E-state index in [1.165, 1.54) is 29.0 Å². The highest BCUT2D eigenvalue weighted by atomic mass is 19.1. The van der Waals surface area contributed by atoms with Gasteiger partial charge in [-0.2, -0.15) is 0 Å². The number of imidazole rings is 1. The van der Waals surface area contributed by atoms with E-state index in [0.717, 1.165) is 48.5 Å². The SMILES string of the molecule is CC(C(=O)n1c(N(C)C2CCN(c3nc4ccccc4n3Cc3ccc(F)cc3)CC2)nccc1=O)C(C)(C)C. The van der Waals surface area contributed by atoms with Crippen molar-refractivity contribution in [3.05, 3.63) is 82.5 Å². The Morgan fingerprint density at radius 3 is 2.42 bits per heavy atom. The van der Waals surface area contributed by atoms with Crippen molar-refractivity contribution >= 4 is 28.8 Å². The van der Waals surface area contributed by atoms with Crippen molar-refractivity contribution in [3.8, 4) is 0 Å². The van der Waals surface area contributed by atoms with Gasteiger partial charge in [0.05, 0.1) is 17.6 Å². The summed E-state index contributed by atoms with van der Waals surface area (Å²) in [6.07, 6.45) is 3.10. The lowest BCUT2D eigenvalue weighted by atomic mass is 9.81. The molecule has 3 heterocycles. The number of nitrogens with zero attached hydrogens (tertiary/aromatic N) is 6. The highest BCUT2D eigenvalue weighted by molar-refractivity contribution is 5.84. The highest BCUT2D eigenvalue weighted by Gasteiger charge is 2.33. The molecule has 1 aliphatic heterocycles. The number of piperidine rings is 1. The molecule has 0 aliphatic carbocycles. The molecule has 4 aromatic rings. The van der Waals surface area contributed by atoms with Crippen LogP contribution in [-0.4, -0.2) is 51.2 Å². The van der Waals surface area contributed by atoms with Crippen LogP contribution in [0, 0.1) is 17.2 Å². The normalized spacial score (nSPS) is 15.4. The lowest BCUT2D eigenvalue weighted by molar-refractivity contribution is 0.0744. The topological polar surface area (TPSA) is 76.3 Å². The third-order valence-electron chi connectivity index (χ3n) is 8.22. The maximum atomic E-state index is 13.5. The van der Waals surface area contributed by atoms with Gasteiger partial charge in [-0.3, -0.25) is 9.59 Å². The Balaban J connectivity index is 1.38. The van der Waals surface area contributed by atoms with E-state index in [0.29, 0.717) is 12.5 Å². The van der Waals surface area contributed by atoms with E-state index in [9.17, 15) is 14.0 Å². The molecule has 2 aromatic carbocycles. The zero-order valence-corrected chi connectivity index (χ0v) is 23.8. The van der Waals surface area contributed by atoms with Gasteiger partial charge >= 0.3 is 0 Å². The Morgan fingerprint density at radius 1 is 1.07 bits per heavy atom. The van der Waals surface area contributed by atoms with Gasteiger partial charge in [0.25, 0.3) is 5.56 Å². The largest absolute Gasteiger partial charge is 0.342 e. The molecule has 1 unspecified atom stereocenters. The predicted octanol–water partition coefficient (Wildman–Crippen LogP) is 5.21. The summed E-state index contributed by atoms with van der Waals surface area (Å²) in [6.45, 7) is 9.96. The van der Waals surface area contributed by atoms with Gasteiger partial charge in [0.2, 0.25) is 17.8 Å². The molecule has 0 spiro atoms. The molecule has 40 heavy (non-hydrogen) atoms. The fourth-order valence-corrected chi connectivity index (χ4v) is 5.27. The van der Waals surface area contributed by atoms with Crippen LogP contribution in [0.15, 0.2) is 65.6 Å². The van der Waals surface area contributed by atoms with E-state index in [4.69, 9.17) is 4.98 Å². The van der Waals surface area contributed by atoms with Gasteiger partial charge in [-0.15, -0.1) is 0 Å². The van der Waals surface area contributed by atoms with E-state index in [2.05, 4.69) is 20.5 Å². The number of carbonyl (C=O) groups is 1. The van der Waals surface area contributed by atoms with Crippen molar-refractivity contribution in [1.82, 2.24) is 19.1 Å². The van der Waals surface area contributed by atoms with Gasteiger partial charge in [-0.1, -0.05) is 52.0 Å². The minimum Gasteiger partial charge on any atom is -0.342 e. The Bertz CT molecular complexity index is 1560. The van der Waals surface area contributed by atoms with Crippen molar-refractivity contribution in [2.45, 2.75) is 53.1 Å². The Morgan fingerprint density at radius 2 is 1.75 bits per heavy atom. The van der Waals surface area contributed by atoms with Crippen LogP contribution in [-0.2, 0) is 6.54 Å². The van der Waals surface area contributed by atoms with E-state index < -0.39 is 0 Å². The molecular formula is C31H37FN6O2. The molecule has 1 atom stereocenters. The second-order valence-electron chi connectivity index (χ2n) is 11.8. The summed E-state index contributed by atoms with van der Waals surface area (Å²) in [5, 5.41) is 0. The summed E-state index contributed by atoms with van der Waals surface area (Å²) >= 11 is 0. The van der Waals surface area contributed by atoms with Crippen molar-refractivity contribution in [3.63, 3.8) is 0 Å². The first-order chi connectivity index (χ1) is 19.0. The van der Waals surface area contributed by atoms with Gasteiger partial charge in [-0.05, 0) is 48.1 Å². The summed E-state index contributed by atoms with van der Waals surface area (Å²) in [7, 11) is 1.91. The fraction of sp³-hybridized carbons (Fsp3) is 0.419. The summed E-state index contributed by atoms with van der Waals surface area (Å²) < 4.78 is 17.0. The lowest BCUT2D eigenvalue weighted by Gasteiger charge is -2.38. The lowest BCUT2D eigenvalue weighted by Crippen LogP contribution is -2.47. The van der Waals surface area contributed by atoms with Crippen LogP contribution in [0.1, 0.15) is 50.9 Å². The molecule has 1 saturated heterocycles. The van der Waals surface area contributed by atoms with Gasteiger partial charge in [0, 0.05) is 44.4 Å². The first-order valence-electron chi connectivity index (χ1n) is 13.8. The fourth-order valence-electron chi connectivity index (χ4n) is 5.27. The first kappa shape index (κ1) is 27.6. The van der Waals surface area contributed by atoms with Crippen molar-refractivity contribution in [2.24, 2.45) is 11.3 Å². The van der Waals surface area contributed by atoms with Gasteiger partial charge in [0.1, 0.15) is 5.82 Å². The van der Waals surface area contributed by atoms with E-state index in [-0.39, 0.29) is 34.7 Å². The highest BCUT2D eigenvalue weighted by Crippen LogP contribution is 2.30. The molecule has 2 aromatic heterocycles. The number of hydrogen-bond acceptors (Lipinski definition) is 6. The monoisotopic (exact) mass is 544 g/mol. The molecule has 5 rings (SSSR count). The third kappa shape index (κ3) is 5.37. The number of benzene rings is 2. The molecule has 0 saturated carbocycles. The Kier molecular flexibility index (Phi) is 7.49. The van der Waals surface area contributed by atoms with Gasteiger partial charge in [0.15, 0.2) is 0 Å². The summed E-state index contributed by atoms with van der Waals surface area (Å²) in [5.41, 5.74) is 2.31. The maximum Gasteiger partial charge on any atom is 0.261 e. The number of fused-ring (bicyclic) bond motifs is 1. The van der Waals surface area contributed by atoms with Crippen LogP contribution in [0.5, 0.6) is 0 Å². The molecule has 0 N–H and O–H groups in total. The molecule has 210 valence electrons. The molecular weight excluding hydrogens is 507 g/mol. The van der Waals surface area contributed by atoms with Crippen LogP contribution < -0.4 is 15.4 Å². The molecule has 0 radical (unpaired) electrons. The molecule has 9 heteroatoms. The van der Waals surface area contributed by atoms with Crippen molar-refractivity contribution in [1.29, 1.82) is 0 Å². The van der Waals surface area contributed by atoms with Crippen LogP contribution in [0.2, 0.25) is 0 Å². The minimum absolute atomic E-state index is 0.101. The smallest absolute Gasteiger partial charge is 0.261 e. The van der Waals surface area contributed by atoms with E-state index >= 15 is 0 Å². The summed E-state index contributed by atoms with van der Waals surface area (Å²) in [6, 6.07) is 16.1. The number of rotatable bonds is 6. The summed E-state index contributed by atoms with van der Waals surface area (Å²) in [5.74, 6) is 0.432. The quantitative estimate of drug-likeness (QED) is 0.332. The Labute approximate surface area is 234 Å². The second-order valence-corrected chi connectivity index (χ2v) is 11.8. The zero-order chi connectivity index (χ0) is 28.6. The zero-order valence-electron chi connectivity index (χ0n) is 23.8. The number of carbonyl (C=O) groups excluding carboxylic acids is 1. The minimum atomic E-state index is -0.357. The standard InChI is InChI=1S/C31H37FN6O2/c1-21(31(2,3)4)28(40)38-27(39)14-17-33-29(38)35(5)24-15-18-36(19-16-24)30-34-25-8-6-7-9-26(25)37(30)20-22-10-12-23(32)13-11-22/h6-14,17,21,24H,15-16,18-20H2,1-5H3. The van der Waals surface area contributed by atoms with E-state index in [1.807, 2.05) is 70.0 Å². The van der Waals surface area contributed by atoms with Crippen molar-refractivity contribution in [2.75, 3.05) is 29.9 Å². The van der Waals surface area contributed by atoms with Crippen LogP contribution in [0.4, 0.5) is 16.3 Å². The predicted molar refractivity (Wildman–Crippen MR) is 157 cm³/mol. The first-order valence-corrected chi connectivity index (χ1v) is 13.8. The number of para-hydroxylation sites is 2.